The second-order valence-electron chi connectivity index (χ2n) is 13.4. The molecule has 0 radical (unpaired) electrons. The maximum atomic E-state index is 11.6. The van der Waals surface area contributed by atoms with E-state index in [2.05, 4.69) is 61.7 Å². The van der Waals surface area contributed by atoms with Crippen LogP contribution in [0.2, 0.25) is 0 Å². The number of nitrogens with one attached hydrogen (secondary N) is 1. The summed E-state index contributed by atoms with van der Waals surface area (Å²) in [6, 6.07) is 0. The van der Waals surface area contributed by atoms with E-state index in [0.29, 0.717) is 33.8 Å². The van der Waals surface area contributed by atoms with E-state index in [0.717, 1.165) is 43.4 Å². The number of rotatable bonds is 5. The molecule has 0 spiro atoms. The van der Waals surface area contributed by atoms with Gasteiger partial charge in [0.2, 0.25) is 5.91 Å². The Kier molecular flexibility index (Phi) is 7.56. The number of fused-ring (bicyclic) bond motifs is 7. The molecule has 1 N–H and O–H groups in total. The Labute approximate surface area is 237 Å². The molecule has 3 saturated carbocycles. The van der Waals surface area contributed by atoms with Crippen molar-refractivity contribution in [1.82, 2.24) is 5.32 Å². The van der Waals surface area contributed by atoms with Gasteiger partial charge in [0.05, 0.1) is 5.76 Å². The highest BCUT2D eigenvalue weighted by atomic mass is 127. The lowest BCUT2D eigenvalue weighted by atomic mass is 9.47. The molecular formula is C31H46INO4. The minimum absolute atomic E-state index is 0.0394. The molecule has 0 aromatic rings. The molecule has 0 aromatic carbocycles. The fourth-order valence-electron chi connectivity index (χ4n) is 9.69. The van der Waals surface area contributed by atoms with Crippen molar-refractivity contribution in [2.75, 3.05) is 6.54 Å². The molecule has 5 rings (SSSR count). The first kappa shape index (κ1) is 27.5. The molecule has 5 nitrogen and oxygen atoms in total. The topological polar surface area (TPSA) is 64.6 Å². The largest absolute Gasteiger partial charge is 0.494 e. The number of halogens is 1. The lowest BCUT2D eigenvalue weighted by molar-refractivity contribution is -0.148. The molecule has 4 aliphatic carbocycles. The summed E-state index contributed by atoms with van der Waals surface area (Å²) in [7, 11) is 0. The van der Waals surface area contributed by atoms with E-state index in [4.69, 9.17) is 9.47 Å². The van der Waals surface area contributed by atoms with Crippen molar-refractivity contribution in [3.63, 3.8) is 0 Å². The fourth-order valence-corrected chi connectivity index (χ4v) is 10.6. The van der Waals surface area contributed by atoms with Crippen LogP contribution in [0.4, 0.5) is 0 Å². The standard InChI is InChI=1S/C31H46INO4/c1-17(13-22(32)16-33-19(3)34)29-18(2)28-27(37-29)15-26-24-8-7-21-14-23(36-20(4)35)9-11-30(21,5)25(24)10-12-31(26,28)6/h7,18,22-28H,8-16H2,1-6H3,(H,33,34)/b29-17-/t18-,22+,23+,24-,25+,26+,27-,28+,30+,31+/m1/s1. The summed E-state index contributed by atoms with van der Waals surface area (Å²) < 4.78 is 12.8. The number of hydrogen-bond donors (Lipinski definition) is 1. The molecule has 37 heavy (non-hydrogen) atoms. The first-order valence-electron chi connectivity index (χ1n) is 14.6. The first-order valence-corrected chi connectivity index (χ1v) is 15.8. The van der Waals surface area contributed by atoms with Crippen LogP contribution in [-0.4, -0.2) is 34.6 Å². The highest BCUT2D eigenvalue weighted by molar-refractivity contribution is 14.1. The van der Waals surface area contributed by atoms with Crippen molar-refractivity contribution >= 4 is 34.5 Å². The Hall–Kier alpha value is -1.05. The van der Waals surface area contributed by atoms with E-state index in [1.807, 2.05) is 0 Å². The molecule has 0 aromatic heterocycles. The predicted molar refractivity (Wildman–Crippen MR) is 154 cm³/mol. The molecule has 6 heteroatoms. The third kappa shape index (κ3) is 4.80. The molecule has 4 fully saturated rings. The van der Waals surface area contributed by atoms with Gasteiger partial charge in [-0.2, -0.15) is 0 Å². The van der Waals surface area contributed by atoms with Gasteiger partial charge in [-0.15, -0.1) is 0 Å². The Morgan fingerprint density at radius 1 is 1.19 bits per heavy atom. The lowest BCUT2D eigenvalue weighted by Crippen LogP contribution is -2.51. The highest BCUT2D eigenvalue weighted by Crippen LogP contribution is 2.69. The van der Waals surface area contributed by atoms with E-state index >= 15 is 0 Å². The van der Waals surface area contributed by atoms with Gasteiger partial charge < -0.3 is 14.8 Å². The number of esters is 1. The van der Waals surface area contributed by atoms with Gasteiger partial charge in [0.15, 0.2) is 0 Å². The van der Waals surface area contributed by atoms with Crippen molar-refractivity contribution < 1.29 is 19.1 Å². The van der Waals surface area contributed by atoms with Crippen LogP contribution >= 0.6 is 22.6 Å². The summed E-state index contributed by atoms with van der Waals surface area (Å²) in [5.74, 6) is 4.40. The average molecular weight is 624 g/mol. The van der Waals surface area contributed by atoms with Crippen molar-refractivity contribution in [3.8, 4) is 0 Å². The zero-order valence-electron chi connectivity index (χ0n) is 23.6. The lowest BCUT2D eigenvalue weighted by Gasteiger charge is -2.58. The van der Waals surface area contributed by atoms with Crippen LogP contribution in [0.5, 0.6) is 0 Å². The van der Waals surface area contributed by atoms with Crippen LogP contribution in [0.3, 0.4) is 0 Å². The molecule has 1 aliphatic heterocycles. The second-order valence-corrected chi connectivity index (χ2v) is 15.1. The number of carbonyl (C=O) groups is 2. The number of hydrogen-bond acceptors (Lipinski definition) is 4. The summed E-state index contributed by atoms with van der Waals surface area (Å²) in [5.41, 5.74) is 3.52. The SMILES string of the molecule is CC(=O)NC[C@@H](I)C/C(C)=C1\O[C@@H]2C[C@H]3[C@@H]4CC=C5C[C@@H](OC(C)=O)CC[C@]5(C)[C@H]4CC[C@]3(C)[C@H]2[C@H]1C. The van der Waals surface area contributed by atoms with Crippen LogP contribution in [0.1, 0.15) is 92.9 Å². The van der Waals surface area contributed by atoms with Crippen LogP contribution in [0, 0.1) is 40.4 Å². The van der Waals surface area contributed by atoms with E-state index < -0.39 is 0 Å². The molecule has 1 amide bonds. The van der Waals surface area contributed by atoms with Crippen molar-refractivity contribution in [2.24, 2.45) is 40.4 Å². The van der Waals surface area contributed by atoms with Crippen LogP contribution in [-0.2, 0) is 19.1 Å². The summed E-state index contributed by atoms with van der Waals surface area (Å²) in [5, 5.41) is 2.96. The van der Waals surface area contributed by atoms with Gasteiger partial charge >= 0.3 is 5.97 Å². The summed E-state index contributed by atoms with van der Waals surface area (Å²) in [6.45, 7) is 13.6. The molecular weight excluding hydrogens is 577 g/mol. The van der Waals surface area contributed by atoms with Gasteiger partial charge in [0.1, 0.15) is 12.2 Å². The van der Waals surface area contributed by atoms with Crippen LogP contribution in [0.15, 0.2) is 23.0 Å². The third-order valence-corrected chi connectivity index (χ3v) is 12.1. The number of ether oxygens (including phenoxy) is 2. The third-order valence-electron chi connectivity index (χ3n) is 11.2. The minimum Gasteiger partial charge on any atom is -0.494 e. The van der Waals surface area contributed by atoms with Crippen molar-refractivity contribution in [1.29, 1.82) is 0 Å². The summed E-state index contributed by atoms with van der Waals surface area (Å²) in [6.07, 6.45) is 12.0. The monoisotopic (exact) mass is 623 g/mol. The smallest absolute Gasteiger partial charge is 0.302 e. The Bertz CT molecular complexity index is 1010. The average Bonchev–Trinajstić information content (AvgIpc) is 3.31. The van der Waals surface area contributed by atoms with Crippen molar-refractivity contribution in [2.45, 2.75) is 109 Å². The molecule has 206 valence electrons. The summed E-state index contributed by atoms with van der Waals surface area (Å²) in [4.78, 5) is 22.9. The molecule has 1 heterocycles. The fraction of sp³-hybridized carbons (Fsp3) is 0.806. The molecule has 1 saturated heterocycles. The molecule has 10 atom stereocenters. The van der Waals surface area contributed by atoms with Crippen LogP contribution in [0.25, 0.3) is 0 Å². The quantitative estimate of drug-likeness (QED) is 0.159. The molecule has 5 aliphatic rings. The number of amides is 1. The maximum Gasteiger partial charge on any atom is 0.302 e. The van der Waals surface area contributed by atoms with Gasteiger partial charge in [0.25, 0.3) is 0 Å². The van der Waals surface area contributed by atoms with Gasteiger partial charge in [-0.3, -0.25) is 9.59 Å². The number of allylic oxidation sites excluding steroid dienone is 3. The van der Waals surface area contributed by atoms with Crippen LogP contribution < -0.4 is 5.32 Å². The highest BCUT2D eigenvalue weighted by Gasteiger charge is 2.65. The van der Waals surface area contributed by atoms with E-state index in [9.17, 15) is 9.59 Å². The maximum absolute atomic E-state index is 11.6. The predicted octanol–water partition coefficient (Wildman–Crippen LogP) is 6.75. The summed E-state index contributed by atoms with van der Waals surface area (Å²) >= 11 is 2.46. The normalized spacial score (nSPS) is 44.3. The Morgan fingerprint density at radius 2 is 1.95 bits per heavy atom. The Morgan fingerprint density at radius 3 is 2.65 bits per heavy atom. The number of carbonyl (C=O) groups excluding carboxylic acids is 2. The molecule has 0 bridgehead atoms. The van der Waals surface area contributed by atoms with Gasteiger partial charge in [-0.1, -0.05) is 55.0 Å². The zero-order valence-corrected chi connectivity index (χ0v) is 25.7. The number of alkyl halides is 1. The first-order chi connectivity index (χ1) is 17.4. The van der Waals surface area contributed by atoms with Gasteiger partial charge in [0, 0.05) is 42.6 Å². The Balaban J connectivity index is 1.31. The second kappa shape index (κ2) is 10.2. The van der Waals surface area contributed by atoms with Gasteiger partial charge in [-0.25, -0.2) is 0 Å². The van der Waals surface area contributed by atoms with Crippen molar-refractivity contribution in [3.05, 3.63) is 23.0 Å². The van der Waals surface area contributed by atoms with Gasteiger partial charge in [-0.05, 0) is 86.0 Å². The van der Waals surface area contributed by atoms with E-state index in [-0.39, 0.29) is 23.4 Å². The zero-order chi connectivity index (χ0) is 26.7. The van der Waals surface area contributed by atoms with E-state index in [1.54, 1.807) is 12.5 Å². The minimum atomic E-state index is -0.145. The molecule has 0 unspecified atom stereocenters. The van der Waals surface area contributed by atoms with E-state index in [1.165, 1.54) is 43.9 Å².